The molecule has 1 amide bonds. The molecular formula is C14H22N2O2. The van der Waals surface area contributed by atoms with E-state index in [1.807, 2.05) is 51.1 Å². The molecule has 1 aromatic carbocycles. The zero-order chi connectivity index (χ0) is 13.8. The molecule has 0 aliphatic rings. The van der Waals surface area contributed by atoms with E-state index in [1.54, 1.807) is 0 Å². The van der Waals surface area contributed by atoms with Crippen molar-refractivity contribution in [3.8, 4) is 0 Å². The minimum Gasteiger partial charge on any atom is -0.465 e. The molecule has 1 aromatic rings. The zero-order valence-electron chi connectivity index (χ0n) is 11.3. The van der Waals surface area contributed by atoms with Crippen LogP contribution in [0.15, 0.2) is 30.3 Å². The van der Waals surface area contributed by atoms with E-state index in [-0.39, 0.29) is 6.04 Å². The molecule has 0 saturated carbocycles. The Morgan fingerprint density at radius 2 is 1.89 bits per heavy atom. The molecule has 4 heteroatoms. The highest BCUT2D eigenvalue weighted by atomic mass is 16.4. The highest BCUT2D eigenvalue weighted by Gasteiger charge is 2.26. The van der Waals surface area contributed by atoms with Gasteiger partial charge in [-0.15, -0.1) is 0 Å². The Morgan fingerprint density at radius 3 is 2.33 bits per heavy atom. The van der Waals surface area contributed by atoms with Crippen molar-refractivity contribution in [1.29, 1.82) is 0 Å². The van der Waals surface area contributed by atoms with Crippen LogP contribution in [0.3, 0.4) is 0 Å². The van der Waals surface area contributed by atoms with Gasteiger partial charge in [0.2, 0.25) is 0 Å². The summed E-state index contributed by atoms with van der Waals surface area (Å²) in [5, 5.41) is 9.18. The molecule has 0 aliphatic carbocycles. The Hall–Kier alpha value is -1.55. The first-order valence-electron chi connectivity index (χ1n) is 6.13. The maximum Gasteiger partial charge on any atom is 0.407 e. The predicted molar refractivity (Wildman–Crippen MR) is 72.5 cm³/mol. The maximum absolute atomic E-state index is 11.2. The Labute approximate surface area is 108 Å². The molecule has 1 rings (SSSR count). The summed E-state index contributed by atoms with van der Waals surface area (Å²) in [6.07, 6.45) is -0.282. The van der Waals surface area contributed by atoms with Crippen molar-refractivity contribution in [2.24, 2.45) is 5.73 Å². The predicted octanol–water partition coefficient (Wildman–Crippen LogP) is 2.86. The number of benzene rings is 1. The van der Waals surface area contributed by atoms with Gasteiger partial charge in [0, 0.05) is 18.1 Å². The van der Waals surface area contributed by atoms with Gasteiger partial charge in [-0.1, -0.05) is 30.3 Å². The largest absolute Gasteiger partial charge is 0.465 e. The van der Waals surface area contributed by atoms with Crippen LogP contribution in [-0.4, -0.2) is 28.2 Å². The van der Waals surface area contributed by atoms with Crippen LogP contribution in [0.1, 0.15) is 38.8 Å². The third kappa shape index (κ3) is 4.04. The van der Waals surface area contributed by atoms with E-state index in [2.05, 4.69) is 0 Å². The Balaban J connectivity index is 2.61. The highest BCUT2D eigenvalue weighted by molar-refractivity contribution is 5.65. The van der Waals surface area contributed by atoms with Gasteiger partial charge in [-0.05, 0) is 32.8 Å². The summed E-state index contributed by atoms with van der Waals surface area (Å²) in [6, 6.07) is 9.62. The van der Waals surface area contributed by atoms with Crippen LogP contribution in [0.5, 0.6) is 0 Å². The van der Waals surface area contributed by atoms with Gasteiger partial charge in [0.25, 0.3) is 0 Å². The number of nitrogens with two attached hydrogens (primary N) is 1. The van der Waals surface area contributed by atoms with Gasteiger partial charge in [0.05, 0.1) is 0 Å². The lowest BCUT2D eigenvalue weighted by Crippen LogP contribution is -2.46. The Kier molecular flexibility index (Phi) is 4.73. The van der Waals surface area contributed by atoms with E-state index in [4.69, 9.17) is 5.73 Å². The summed E-state index contributed by atoms with van der Waals surface area (Å²) < 4.78 is 0. The van der Waals surface area contributed by atoms with Crippen LogP contribution in [0.4, 0.5) is 4.79 Å². The van der Waals surface area contributed by atoms with Gasteiger partial charge in [0.15, 0.2) is 0 Å². The zero-order valence-corrected chi connectivity index (χ0v) is 11.3. The van der Waals surface area contributed by atoms with Crippen LogP contribution in [-0.2, 0) is 0 Å². The molecule has 0 bridgehead atoms. The second-order valence-electron chi connectivity index (χ2n) is 5.41. The fourth-order valence-electron chi connectivity index (χ4n) is 1.85. The van der Waals surface area contributed by atoms with E-state index in [9.17, 15) is 9.90 Å². The molecule has 1 atom stereocenters. The van der Waals surface area contributed by atoms with Crippen LogP contribution in [0.25, 0.3) is 0 Å². The highest BCUT2D eigenvalue weighted by Crippen LogP contribution is 2.18. The lowest BCUT2D eigenvalue weighted by Gasteiger charge is -2.33. The molecule has 0 aliphatic heterocycles. The fourth-order valence-corrected chi connectivity index (χ4v) is 1.85. The number of carbonyl (C=O) groups is 1. The molecule has 4 nitrogen and oxygen atoms in total. The second kappa shape index (κ2) is 5.87. The number of nitrogens with zero attached hydrogens (tertiary/aromatic N) is 1. The molecule has 100 valence electrons. The van der Waals surface area contributed by atoms with E-state index in [1.165, 1.54) is 4.90 Å². The van der Waals surface area contributed by atoms with Crippen molar-refractivity contribution >= 4 is 6.09 Å². The van der Waals surface area contributed by atoms with Gasteiger partial charge in [-0.25, -0.2) is 4.79 Å². The lowest BCUT2D eigenvalue weighted by molar-refractivity contribution is 0.0982. The van der Waals surface area contributed by atoms with E-state index < -0.39 is 11.6 Å². The molecule has 0 spiro atoms. The number of hydrogen-bond donors (Lipinski definition) is 2. The van der Waals surface area contributed by atoms with Crippen LogP contribution < -0.4 is 5.73 Å². The SMILES string of the molecule is CC(C)(C)N(CCC(N)c1ccccc1)C(=O)O. The summed E-state index contributed by atoms with van der Waals surface area (Å²) in [5.41, 5.74) is 6.71. The molecule has 0 saturated heterocycles. The van der Waals surface area contributed by atoms with Crippen molar-refractivity contribution in [3.63, 3.8) is 0 Å². The van der Waals surface area contributed by atoms with Crippen molar-refractivity contribution < 1.29 is 9.90 Å². The van der Waals surface area contributed by atoms with Crippen molar-refractivity contribution in [3.05, 3.63) is 35.9 Å². The topological polar surface area (TPSA) is 66.6 Å². The average Bonchev–Trinajstić information content (AvgIpc) is 2.28. The normalized spacial score (nSPS) is 13.1. The van der Waals surface area contributed by atoms with Crippen LogP contribution >= 0.6 is 0 Å². The number of hydrogen-bond acceptors (Lipinski definition) is 2. The van der Waals surface area contributed by atoms with Crippen molar-refractivity contribution in [2.75, 3.05) is 6.54 Å². The Morgan fingerprint density at radius 1 is 1.33 bits per heavy atom. The quantitative estimate of drug-likeness (QED) is 0.863. The first-order valence-corrected chi connectivity index (χ1v) is 6.13. The van der Waals surface area contributed by atoms with Crippen molar-refractivity contribution in [2.45, 2.75) is 38.8 Å². The summed E-state index contributed by atoms with van der Waals surface area (Å²) in [6.45, 7) is 6.09. The minimum absolute atomic E-state index is 0.129. The summed E-state index contributed by atoms with van der Waals surface area (Å²) >= 11 is 0. The molecule has 1 unspecified atom stereocenters. The summed E-state index contributed by atoms with van der Waals surface area (Å²) in [4.78, 5) is 12.6. The molecule has 0 heterocycles. The molecule has 0 aromatic heterocycles. The average molecular weight is 250 g/mol. The molecular weight excluding hydrogens is 228 g/mol. The van der Waals surface area contributed by atoms with Crippen LogP contribution in [0.2, 0.25) is 0 Å². The third-order valence-electron chi connectivity index (χ3n) is 2.93. The van der Waals surface area contributed by atoms with Gasteiger partial charge >= 0.3 is 6.09 Å². The smallest absolute Gasteiger partial charge is 0.407 e. The monoisotopic (exact) mass is 250 g/mol. The minimum atomic E-state index is -0.900. The first kappa shape index (κ1) is 14.5. The van der Waals surface area contributed by atoms with E-state index in [0.717, 1.165) is 5.56 Å². The van der Waals surface area contributed by atoms with E-state index >= 15 is 0 Å². The van der Waals surface area contributed by atoms with Crippen molar-refractivity contribution in [1.82, 2.24) is 4.90 Å². The molecule has 0 radical (unpaired) electrons. The number of carboxylic acid groups (broad SMARTS) is 1. The number of rotatable bonds is 4. The van der Waals surface area contributed by atoms with Gasteiger partial charge in [-0.3, -0.25) is 0 Å². The second-order valence-corrected chi connectivity index (χ2v) is 5.41. The lowest BCUT2D eigenvalue weighted by atomic mass is 10.0. The summed E-state index contributed by atoms with van der Waals surface area (Å²) in [5.74, 6) is 0. The fraction of sp³-hybridized carbons (Fsp3) is 0.500. The summed E-state index contributed by atoms with van der Waals surface area (Å²) in [7, 11) is 0. The Bertz CT molecular complexity index is 385. The first-order chi connectivity index (χ1) is 8.32. The van der Waals surface area contributed by atoms with Gasteiger partial charge in [-0.2, -0.15) is 0 Å². The maximum atomic E-state index is 11.2. The van der Waals surface area contributed by atoms with E-state index in [0.29, 0.717) is 13.0 Å². The number of amides is 1. The van der Waals surface area contributed by atoms with Gasteiger partial charge < -0.3 is 15.7 Å². The third-order valence-corrected chi connectivity index (χ3v) is 2.93. The van der Waals surface area contributed by atoms with Crippen LogP contribution in [0, 0.1) is 0 Å². The van der Waals surface area contributed by atoms with Gasteiger partial charge in [0.1, 0.15) is 0 Å². The molecule has 0 fully saturated rings. The molecule has 18 heavy (non-hydrogen) atoms. The molecule has 3 N–H and O–H groups in total. The standard InChI is InChI=1S/C14H22N2O2/c1-14(2,3)16(13(17)18)10-9-12(15)11-7-5-4-6-8-11/h4-8,12H,9-10,15H2,1-3H3,(H,17,18).